The Labute approximate surface area is 158 Å². The number of thioether (sulfide) groups is 1. The third-order valence-electron chi connectivity index (χ3n) is 4.34. The number of unbranched alkanes of at least 4 members (excludes halogenated alkanes) is 5. The van der Waals surface area contributed by atoms with E-state index in [1.54, 1.807) is 0 Å². The molecule has 0 radical (unpaired) electrons. The molecule has 130 valence electrons. The summed E-state index contributed by atoms with van der Waals surface area (Å²) in [5, 5.41) is 6.92. The lowest BCUT2D eigenvalue weighted by atomic mass is 10.1. The molecule has 24 heavy (non-hydrogen) atoms. The molecule has 0 saturated carbocycles. The number of rotatable bonds is 8. The van der Waals surface area contributed by atoms with E-state index in [4.69, 9.17) is 11.6 Å². The highest BCUT2D eigenvalue weighted by Crippen LogP contribution is 2.28. The minimum atomic E-state index is 0.824. The Balaban J connectivity index is 1.77. The van der Waals surface area contributed by atoms with Gasteiger partial charge in [-0.3, -0.25) is 0 Å². The number of halogens is 1. The first-order chi connectivity index (χ1) is 11.8. The zero-order chi connectivity index (χ0) is 16.8. The standard InChI is InChI=1S/C19H25ClN2S2/c1-2-3-4-5-6-7-11-22-16-13-15(20)8-9-17(16)24-19(22)14-18-21-10-12-23-18/h8-9,13-14H,2-7,10-12H2,1H3/p+1. The zero-order valence-electron chi connectivity index (χ0n) is 14.3. The molecule has 1 fully saturated rings. The van der Waals surface area contributed by atoms with Gasteiger partial charge in [0.2, 0.25) is 5.52 Å². The van der Waals surface area contributed by atoms with Crippen molar-refractivity contribution in [3.63, 3.8) is 0 Å². The van der Waals surface area contributed by atoms with Crippen LogP contribution in [0.4, 0.5) is 0 Å². The molecule has 0 unspecified atom stereocenters. The van der Waals surface area contributed by atoms with Crippen molar-refractivity contribution in [1.82, 2.24) is 5.32 Å². The van der Waals surface area contributed by atoms with Crippen LogP contribution >= 0.6 is 34.7 Å². The fraction of sp³-hybridized carbons (Fsp3) is 0.526. The fourth-order valence-electron chi connectivity index (χ4n) is 3.05. The monoisotopic (exact) mass is 381 g/mol. The SMILES string of the molecule is CCCCCCCC[n+]1c(C=C2NCCS2)sc2ccc(Cl)cc21. The number of aryl methyl sites for hydroxylation is 1. The molecule has 1 N–H and O–H groups in total. The quantitative estimate of drug-likeness (QED) is 0.456. The Morgan fingerprint density at radius 1 is 1.21 bits per heavy atom. The van der Waals surface area contributed by atoms with Crippen LogP contribution in [0, 0.1) is 0 Å². The summed E-state index contributed by atoms with van der Waals surface area (Å²) in [4.78, 5) is 0. The molecule has 0 spiro atoms. The van der Waals surface area contributed by atoms with Gasteiger partial charge in [0.15, 0.2) is 6.54 Å². The molecule has 3 rings (SSSR count). The summed E-state index contributed by atoms with van der Waals surface area (Å²) in [6.07, 6.45) is 10.3. The number of thiazole rings is 1. The molecule has 1 saturated heterocycles. The second kappa shape index (κ2) is 9.12. The molecule has 1 aromatic heterocycles. The molecule has 2 heterocycles. The third-order valence-corrected chi connectivity index (χ3v) is 6.67. The maximum absolute atomic E-state index is 6.25. The summed E-state index contributed by atoms with van der Waals surface area (Å²) >= 11 is 10.0. The Bertz CT molecular complexity index is 701. The Hall–Kier alpha value is -0.710. The van der Waals surface area contributed by atoms with Crippen LogP contribution in [-0.4, -0.2) is 12.3 Å². The number of benzene rings is 1. The van der Waals surface area contributed by atoms with Crippen LogP contribution in [0.1, 0.15) is 50.5 Å². The number of nitrogens with zero attached hydrogens (tertiary/aromatic N) is 1. The molecule has 2 aromatic rings. The van der Waals surface area contributed by atoms with Crippen molar-refractivity contribution in [2.75, 3.05) is 12.3 Å². The van der Waals surface area contributed by atoms with E-state index < -0.39 is 0 Å². The first-order valence-electron chi connectivity index (χ1n) is 8.98. The van der Waals surface area contributed by atoms with Crippen molar-refractivity contribution in [3.8, 4) is 0 Å². The van der Waals surface area contributed by atoms with E-state index in [-0.39, 0.29) is 0 Å². The number of aromatic nitrogens is 1. The van der Waals surface area contributed by atoms with E-state index in [9.17, 15) is 0 Å². The second-order valence-electron chi connectivity index (χ2n) is 6.26. The highest BCUT2D eigenvalue weighted by Gasteiger charge is 2.20. The summed E-state index contributed by atoms with van der Waals surface area (Å²) in [7, 11) is 0. The molecule has 0 aliphatic carbocycles. The molecule has 1 aromatic carbocycles. The van der Waals surface area contributed by atoms with Gasteiger partial charge in [-0.15, -0.1) is 11.8 Å². The van der Waals surface area contributed by atoms with Crippen LogP contribution in [0.3, 0.4) is 0 Å². The lowest BCUT2D eigenvalue weighted by Crippen LogP contribution is -2.35. The average molecular weight is 382 g/mol. The normalized spacial score (nSPS) is 16.2. The number of fused-ring (bicyclic) bond motifs is 1. The molecular weight excluding hydrogens is 356 g/mol. The maximum atomic E-state index is 6.25. The van der Waals surface area contributed by atoms with Gasteiger partial charge in [0.1, 0.15) is 4.70 Å². The lowest BCUT2D eigenvalue weighted by Gasteiger charge is -2.00. The topological polar surface area (TPSA) is 15.9 Å². The zero-order valence-corrected chi connectivity index (χ0v) is 16.7. The van der Waals surface area contributed by atoms with Gasteiger partial charge < -0.3 is 5.32 Å². The van der Waals surface area contributed by atoms with Crippen LogP contribution < -0.4 is 9.88 Å². The van der Waals surface area contributed by atoms with Gasteiger partial charge in [-0.25, -0.2) is 0 Å². The van der Waals surface area contributed by atoms with Gasteiger partial charge >= 0.3 is 0 Å². The van der Waals surface area contributed by atoms with Crippen molar-refractivity contribution in [3.05, 3.63) is 33.3 Å². The summed E-state index contributed by atoms with van der Waals surface area (Å²) < 4.78 is 3.78. The van der Waals surface area contributed by atoms with Crippen molar-refractivity contribution >= 4 is 51.0 Å². The summed E-state index contributed by atoms with van der Waals surface area (Å²) in [6, 6.07) is 6.26. The molecule has 1 aliphatic rings. The molecule has 2 nitrogen and oxygen atoms in total. The predicted molar refractivity (Wildman–Crippen MR) is 109 cm³/mol. The van der Waals surface area contributed by atoms with Gasteiger partial charge in [-0.05, 0) is 18.6 Å². The largest absolute Gasteiger partial charge is 0.379 e. The van der Waals surface area contributed by atoms with Crippen LogP contribution in [0.2, 0.25) is 5.02 Å². The van der Waals surface area contributed by atoms with Crippen LogP contribution in [0.5, 0.6) is 0 Å². The molecule has 5 heteroatoms. The van der Waals surface area contributed by atoms with Crippen LogP contribution in [0.25, 0.3) is 16.3 Å². The first-order valence-corrected chi connectivity index (χ1v) is 11.2. The molecule has 0 bridgehead atoms. The molecular formula is C19H26ClN2S2+. The van der Waals surface area contributed by atoms with Gasteiger partial charge in [-0.1, -0.05) is 55.5 Å². The van der Waals surface area contributed by atoms with Gasteiger partial charge in [0.05, 0.1) is 11.1 Å². The Morgan fingerprint density at radius 3 is 2.83 bits per heavy atom. The van der Waals surface area contributed by atoms with E-state index in [0.29, 0.717) is 0 Å². The highest BCUT2D eigenvalue weighted by atomic mass is 35.5. The van der Waals surface area contributed by atoms with Gasteiger partial charge in [0.25, 0.3) is 5.01 Å². The van der Waals surface area contributed by atoms with Crippen molar-refractivity contribution in [2.45, 2.75) is 52.0 Å². The predicted octanol–water partition coefficient (Wildman–Crippen LogP) is 5.84. The lowest BCUT2D eigenvalue weighted by molar-refractivity contribution is -0.669. The van der Waals surface area contributed by atoms with Crippen molar-refractivity contribution < 1.29 is 4.57 Å². The van der Waals surface area contributed by atoms with Gasteiger partial charge in [-0.2, -0.15) is 4.57 Å². The van der Waals surface area contributed by atoms with E-state index in [1.807, 2.05) is 29.2 Å². The van der Waals surface area contributed by atoms with E-state index >= 15 is 0 Å². The molecule has 1 aliphatic heterocycles. The number of hydrogen-bond acceptors (Lipinski definition) is 3. The Morgan fingerprint density at radius 2 is 2.04 bits per heavy atom. The minimum Gasteiger partial charge on any atom is -0.379 e. The van der Waals surface area contributed by atoms with E-state index in [0.717, 1.165) is 18.1 Å². The van der Waals surface area contributed by atoms with E-state index in [2.05, 4.69) is 35.0 Å². The second-order valence-corrected chi connectivity index (χ2v) is 8.89. The Kier molecular flexibility index (Phi) is 6.87. The summed E-state index contributed by atoms with van der Waals surface area (Å²) in [5.74, 6) is 1.17. The smallest absolute Gasteiger partial charge is 0.265 e. The van der Waals surface area contributed by atoms with Gasteiger partial charge in [0, 0.05) is 29.8 Å². The van der Waals surface area contributed by atoms with Crippen molar-refractivity contribution in [1.29, 1.82) is 0 Å². The van der Waals surface area contributed by atoms with Crippen LogP contribution in [-0.2, 0) is 6.54 Å². The molecule has 0 atom stereocenters. The third kappa shape index (κ3) is 4.68. The number of hydrogen-bond donors (Lipinski definition) is 1. The molecule has 0 amide bonds. The average Bonchev–Trinajstić information content (AvgIpc) is 3.19. The number of nitrogens with one attached hydrogen (secondary N) is 1. The fourth-order valence-corrected chi connectivity index (χ4v) is 5.23. The highest BCUT2D eigenvalue weighted by molar-refractivity contribution is 8.03. The van der Waals surface area contributed by atoms with Crippen LogP contribution in [0.15, 0.2) is 23.2 Å². The van der Waals surface area contributed by atoms with E-state index in [1.165, 1.54) is 64.5 Å². The summed E-state index contributed by atoms with van der Waals surface area (Å²) in [5.41, 5.74) is 1.27. The first kappa shape index (κ1) is 18.1. The summed E-state index contributed by atoms with van der Waals surface area (Å²) in [6.45, 7) is 4.42. The minimum absolute atomic E-state index is 0.824. The van der Waals surface area contributed by atoms with Crippen molar-refractivity contribution in [2.24, 2.45) is 0 Å². The maximum Gasteiger partial charge on any atom is 0.265 e.